The Morgan fingerprint density at radius 2 is 1.86 bits per heavy atom. The third-order valence-corrected chi connectivity index (χ3v) is 5.55. The molecule has 0 unspecified atom stereocenters. The Morgan fingerprint density at radius 3 is 2.57 bits per heavy atom. The van der Waals surface area contributed by atoms with Crippen LogP contribution in [-0.2, 0) is 16.6 Å². The highest BCUT2D eigenvalue weighted by molar-refractivity contribution is 7.89. The molecular formula is C19H20N4O4S. The second kappa shape index (κ2) is 8.32. The average Bonchev–Trinajstić information content (AvgIpc) is 2.70. The quantitative estimate of drug-likeness (QED) is 0.646. The van der Waals surface area contributed by atoms with Crippen LogP contribution >= 0.6 is 0 Å². The van der Waals surface area contributed by atoms with Gasteiger partial charge in [0.25, 0.3) is 5.56 Å². The summed E-state index contributed by atoms with van der Waals surface area (Å²) in [7, 11) is -2.38. The van der Waals surface area contributed by atoms with Crippen molar-refractivity contribution in [2.45, 2.75) is 18.4 Å². The van der Waals surface area contributed by atoms with Crippen molar-refractivity contribution >= 4 is 10.0 Å². The van der Waals surface area contributed by atoms with E-state index < -0.39 is 10.0 Å². The molecule has 0 saturated heterocycles. The number of aromatic nitrogens is 3. The van der Waals surface area contributed by atoms with Gasteiger partial charge in [-0.15, -0.1) is 0 Å². The number of aryl methyl sites for hydroxylation is 1. The molecule has 8 nitrogen and oxygen atoms in total. The topological polar surface area (TPSA) is 103 Å². The third kappa shape index (κ3) is 4.44. The molecule has 1 aromatic carbocycles. The molecule has 3 rings (SSSR count). The Kier molecular flexibility index (Phi) is 5.86. The summed E-state index contributed by atoms with van der Waals surface area (Å²) in [5.41, 5.74) is 1.90. The second-order valence-electron chi connectivity index (χ2n) is 6.07. The van der Waals surface area contributed by atoms with Crippen LogP contribution in [0.5, 0.6) is 5.75 Å². The highest BCUT2D eigenvalue weighted by Gasteiger charge is 2.19. The minimum absolute atomic E-state index is 0.00609. The molecule has 0 bridgehead atoms. The van der Waals surface area contributed by atoms with E-state index in [9.17, 15) is 13.2 Å². The molecule has 9 heteroatoms. The molecule has 3 aromatic rings. The first-order chi connectivity index (χ1) is 13.4. The van der Waals surface area contributed by atoms with E-state index >= 15 is 0 Å². The maximum Gasteiger partial charge on any atom is 0.266 e. The molecule has 0 amide bonds. The average molecular weight is 400 g/mol. The van der Waals surface area contributed by atoms with Crippen molar-refractivity contribution in [3.63, 3.8) is 0 Å². The molecule has 1 N–H and O–H groups in total. The van der Waals surface area contributed by atoms with E-state index in [0.717, 1.165) is 11.1 Å². The lowest BCUT2D eigenvalue weighted by Crippen LogP contribution is -2.32. The first-order valence-electron chi connectivity index (χ1n) is 8.53. The minimum Gasteiger partial charge on any atom is -0.495 e. The van der Waals surface area contributed by atoms with Gasteiger partial charge in [-0.25, -0.2) is 17.8 Å². The number of nitrogens with zero attached hydrogens (tertiary/aromatic N) is 3. The Balaban J connectivity index is 1.76. The molecule has 2 aromatic heterocycles. The lowest BCUT2D eigenvalue weighted by atomic mass is 10.2. The number of methoxy groups -OCH3 is 1. The van der Waals surface area contributed by atoms with E-state index in [1.807, 2.05) is 0 Å². The van der Waals surface area contributed by atoms with Crippen LogP contribution in [-0.4, -0.2) is 36.8 Å². The van der Waals surface area contributed by atoms with Crippen LogP contribution in [0.25, 0.3) is 11.3 Å². The van der Waals surface area contributed by atoms with Gasteiger partial charge in [0.2, 0.25) is 10.0 Å². The molecule has 0 aliphatic heterocycles. The summed E-state index contributed by atoms with van der Waals surface area (Å²) in [6.45, 7) is 1.89. The van der Waals surface area contributed by atoms with Crippen molar-refractivity contribution in [3.05, 3.63) is 70.8 Å². The van der Waals surface area contributed by atoms with Crippen molar-refractivity contribution in [1.82, 2.24) is 19.5 Å². The van der Waals surface area contributed by atoms with E-state index in [1.54, 1.807) is 49.6 Å². The van der Waals surface area contributed by atoms with Crippen molar-refractivity contribution in [3.8, 4) is 17.0 Å². The zero-order valence-electron chi connectivity index (χ0n) is 15.5. The molecule has 0 radical (unpaired) electrons. The van der Waals surface area contributed by atoms with Crippen molar-refractivity contribution in [2.75, 3.05) is 13.7 Å². The Bertz CT molecular complexity index is 1130. The summed E-state index contributed by atoms with van der Waals surface area (Å²) in [4.78, 5) is 16.1. The largest absolute Gasteiger partial charge is 0.495 e. The van der Waals surface area contributed by atoms with E-state index in [1.165, 1.54) is 23.9 Å². The second-order valence-corrected chi connectivity index (χ2v) is 7.80. The maximum absolute atomic E-state index is 12.6. The van der Waals surface area contributed by atoms with Crippen LogP contribution in [0.1, 0.15) is 5.56 Å². The van der Waals surface area contributed by atoms with Gasteiger partial charge in [-0.3, -0.25) is 9.78 Å². The number of pyridine rings is 1. The molecule has 0 fully saturated rings. The van der Waals surface area contributed by atoms with Crippen LogP contribution in [0.2, 0.25) is 0 Å². The highest BCUT2D eigenvalue weighted by atomic mass is 32.2. The first kappa shape index (κ1) is 19.7. The molecule has 0 aliphatic rings. The lowest BCUT2D eigenvalue weighted by molar-refractivity contribution is 0.402. The molecular weight excluding hydrogens is 380 g/mol. The van der Waals surface area contributed by atoms with Crippen molar-refractivity contribution in [1.29, 1.82) is 0 Å². The number of nitrogens with one attached hydrogen (secondary N) is 1. The van der Waals surface area contributed by atoms with Crippen molar-refractivity contribution in [2.24, 2.45) is 0 Å². The predicted octanol–water partition coefficient (Wildman–Crippen LogP) is 1.60. The fourth-order valence-corrected chi connectivity index (χ4v) is 3.92. The monoisotopic (exact) mass is 400 g/mol. The lowest BCUT2D eigenvalue weighted by Gasteiger charge is -2.12. The normalized spacial score (nSPS) is 11.4. The number of sulfonamides is 1. The van der Waals surface area contributed by atoms with Crippen LogP contribution in [0.4, 0.5) is 0 Å². The van der Waals surface area contributed by atoms with Crippen molar-refractivity contribution < 1.29 is 13.2 Å². The van der Waals surface area contributed by atoms with Gasteiger partial charge in [-0.1, -0.05) is 6.07 Å². The zero-order chi connectivity index (χ0) is 20.1. The summed E-state index contributed by atoms with van der Waals surface area (Å²) in [5.74, 6) is 0.257. The number of benzene rings is 1. The molecule has 28 heavy (non-hydrogen) atoms. The van der Waals surface area contributed by atoms with Gasteiger partial charge in [0.1, 0.15) is 10.6 Å². The van der Waals surface area contributed by atoms with E-state index in [4.69, 9.17) is 4.74 Å². The third-order valence-electron chi connectivity index (χ3n) is 4.07. The molecule has 2 heterocycles. The highest BCUT2D eigenvalue weighted by Crippen LogP contribution is 2.24. The van der Waals surface area contributed by atoms with Gasteiger partial charge in [-0.2, -0.15) is 5.10 Å². The summed E-state index contributed by atoms with van der Waals surface area (Å²) in [5, 5.41) is 4.30. The Labute approximate surface area is 162 Å². The molecule has 0 spiro atoms. The fraction of sp³-hybridized carbons (Fsp3) is 0.211. The number of hydrogen-bond donors (Lipinski definition) is 1. The van der Waals surface area contributed by atoms with Gasteiger partial charge < -0.3 is 4.74 Å². The predicted molar refractivity (Wildman–Crippen MR) is 105 cm³/mol. The minimum atomic E-state index is -3.80. The number of hydrogen-bond acceptors (Lipinski definition) is 6. The van der Waals surface area contributed by atoms with Gasteiger partial charge in [0, 0.05) is 30.6 Å². The summed E-state index contributed by atoms with van der Waals surface area (Å²) >= 11 is 0. The van der Waals surface area contributed by atoms with E-state index in [0.29, 0.717) is 5.69 Å². The maximum atomic E-state index is 12.6. The standard InChI is InChI=1S/C19H20N4O4S/c1-14-3-5-17(27-2)18(13-14)28(25,26)21-11-12-23-19(24)6-4-16(22-23)15-7-9-20-10-8-15/h3-10,13,21H,11-12H2,1-2H3. The fourth-order valence-electron chi connectivity index (χ4n) is 2.64. The van der Waals surface area contributed by atoms with Crippen LogP contribution < -0.4 is 15.0 Å². The summed E-state index contributed by atoms with van der Waals surface area (Å²) in [6.07, 6.45) is 3.27. The molecule has 0 atom stereocenters. The van der Waals surface area contributed by atoms with Crippen LogP contribution in [0, 0.1) is 6.92 Å². The SMILES string of the molecule is COc1ccc(C)cc1S(=O)(=O)NCCn1nc(-c2ccncc2)ccc1=O. The van der Waals surface area contributed by atoms with Crippen LogP contribution in [0.3, 0.4) is 0 Å². The smallest absolute Gasteiger partial charge is 0.266 e. The van der Waals surface area contributed by atoms with Crippen LogP contribution in [0.15, 0.2) is 64.5 Å². The molecule has 0 saturated carbocycles. The van der Waals surface area contributed by atoms with E-state index in [2.05, 4.69) is 14.8 Å². The first-order valence-corrected chi connectivity index (χ1v) is 10.0. The summed E-state index contributed by atoms with van der Waals surface area (Å²) < 4.78 is 34.1. The Morgan fingerprint density at radius 1 is 1.11 bits per heavy atom. The number of ether oxygens (including phenoxy) is 1. The van der Waals surface area contributed by atoms with E-state index in [-0.39, 0.29) is 29.3 Å². The molecule has 146 valence electrons. The van der Waals surface area contributed by atoms with Gasteiger partial charge in [-0.05, 0) is 42.8 Å². The van der Waals surface area contributed by atoms with Gasteiger partial charge >= 0.3 is 0 Å². The number of rotatable bonds is 7. The van der Waals surface area contributed by atoms with Gasteiger partial charge in [0.05, 0.1) is 19.3 Å². The van der Waals surface area contributed by atoms with Gasteiger partial charge in [0.15, 0.2) is 0 Å². The zero-order valence-corrected chi connectivity index (χ0v) is 16.3. The Hall–Kier alpha value is -3.04. The summed E-state index contributed by atoms with van der Waals surface area (Å²) in [6, 6.07) is 11.5. The molecule has 0 aliphatic carbocycles.